The third-order valence-corrected chi connectivity index (χ3v) is 4.74. The van der Waals surface area contributed by atoms with Crippen molar-refractivity contribution in [3.05, 3.63) is 29.8 Å². The van der Waals surface area contributed by atoms with Crippen LogP contribution in [0.3, 0.4) is 0 Å². The summed E-state index contributed by atoms with van der Waals surface area (Å²) in [7, 11) is 3.35. The van der Waals surface area contributed by atoms with E-state index in [2.05, 4.69) is 22.3 Å². The van der Waals surface area contributed by atoms with Crippen LogP contribution in [0.15, 0.2) is 24.3 Å². The summed E-state index contributed by atoms with van der Waals surface area (Å²) in [5.41, 5.74) is 1.28. The summed E-state index contributed by atoms with van der Waals surface area (Å²) >= 11 is 0. The summed E-state index contributed by atoms with van der Waals surface area (Å²) in [5.74, 6) is 1.42. The second-order valence-corrected chi connectivity index (χ2v) is 6.15. The molecular formula is C17H24N2O3. The zero-order valence-electron chi connectivity index (χ0n) is 13.2. The molecule has 3 rings (SSSR count). The first kappa shape index (κ1) is 15.3. The molecule has 0 unspecified atom stereocenters. The Morgan fingerprint density at radius 2 is 2.18 bits per heavy atom. The molecule has 2 aliphatic rings. The molecule has 2 fully saturated rings. The fourth-order valence-electron chi connectivity index (χ4n) is 3.46. The normalized spacial score (nSPS) is 28.2. The minimum absolute atomic E-state index is 0.0103. The quantitative estimate of drug-likeness (QED) is 0.914. The molecule has 0 spiro atoms. The standard InChI is InChI=1S/C17H24N2O3/c1-18-17(20)15-9-13-7-8-19(11-16(13)22-15)10-12-3-5-14(21-2)6-4-12/h3-6,13,15-16H,7-11H2,1-2H3,(H,18,20)/t13-,15+,16+/m0/s1. The number of hydrogen-bond donors (Lipinski definition) is 1. The monoisotopic (exact) mass is 304 g/mol. The molecule has 22 heavy (non-hydrogen) atoms. The van der Waals surface area contributed by atoms with E-state index >= 15 is 0 Å². The third-order valence-electron chi connectivity index (χ3n) is 4.74. The van der Waals surface area contributed by atoms with Gasteiger partial charge in [0.15, 0.2) is 0 Å². The van der Waals surface area contributed by atoms with Crippen molar-refractivity contribution in [2.24, 2.45) is 5.92 Å². The lowest BCUT2D eigenvalue weighted by molar-refractivity contribution is -0.132. The van der Waals surface area contributed by atoms with Crippen LogP contribution in [0.25, 0.3) is 0 Å². The number of benzene rings is 1. The average molecular weight is 304 g/mol. The summed E-state index contributed by atoms with van der Waals surface area (Å²) in [6.45, 7) is 2.89. The van der Waals surface area contributed by atoms with Crippen molar-refractivity contribution in [3.8, 4) is 5.75 Å². The van der Waals surface area contributed by atoms with E-state index in [0.29, 0.717) is 5.92 Å². The van der Waals surface area contributed by atoms with Crippen molar-refractivity contribution in [1.29, 1.82) is 0 Å². The zero-order chi connectivity index (χ0) is 15.5. The van der Waals surface area contributed by atoms with Crippen LogP contribution in [0, 0.1) is 5.92 Å². The number of fused-ring (bicyclic) bond motifs is 1. The summed E-state index contributed by atoms with van der Waals surface area (Å²) < 4.78 is 11.1. The fourth-order valence-corrected chi connectivity index (χ4v) is 3.46. The number of ether oxygens (including phenoxy) is 2. The number of methoxy groups -OCH3 is 1. The van der Waals surface area contributed by atoms with Crippen LogP contribution in [0.5, 0.6) is 5.75 Å². The van der Waals surface area contributed by atoms with E-state index in [0.717, 1.165) is 38.2 Å². The Morgan fingerprint density at radius 1 is 1.41 bits per heavy atom. The maximum absolute atomic E-state index is 11.7. The highest BCUT2D eigenvalue weighted by Crippen LogP contribution is 2.33. The molecule has 1 amide bonds. The molecule has 2 heterocycles. The highest BCUT2D eigenvalue weighted by Gasteiger charge is 2.41. The zero-order valence-corrected chi connectivity index (χ0v) is 13.2. The molecule has 120 valence electrons. The van der Waals surface area contributed by atoms with E-state index in [1.165, 1.54) is 5.56 Å². The number of likely N-dealkylation sites (N-methyl/N-ethyl adjacent to an activating group) is 1. The number of rotatable bonds is 4. The first-order valence-electron chi connectivity index (χ1n) is 7.92. The van der Waals surface area contributed by atoms with Gasteiger partial charge in [-0.1, -0.05) is 12.1 Å². The molecule has 1 aromatic carbocycles. The SMILES string of the molecule is CNC(=O)[C@H]1C[C@@H]2CCN(Cc3ccc(OC)cc3)C[C@H]2O1. The van der Waals surface area contributed by atoms with Gasteiger partial charge < -0.3 is 14.8 Å². The second kappa shape index (κ2) is 6.67. The average Bonchev–Trinajstić information content (AvgIpc) is 2.98. The second-order valence-electron chi connectivity index (χ2n) is 6.15. The van der Waals surface area contributed by atoms with Crippen molar-refractivity contribution in [2.75, 3.05) is 27.2 Å². The van der Waals surface area contributed by atoms with E-state index in [4.69, 9.17) is 9.47 Å². The number of nitrogens with zero attached hydrogens (tertiary/aromatic N) is 1. The number of hydrogen-bond acceptors (Lipinski definition) is 4. The number of likely N-dealkylation sites (tertiary alicyclic amines) is 1. The molecule has 2 aliphatic heterocycles. The van der Waals surface area contributed by atoms with Gasteiger partial charge in [0, 0.05) is 20.1 Å². The topological polar surface area (TPSA) is 50.8 Å². The van der Waals surface area contributed by atoms with Crippen LogP contribution >= 0.6 is 0 Å². The van der Waals surface area contributed by atoms with Gasteiger partial charge in [-0.15, -0.1) is 0 Å². The Hall–Kier alpha value is -1.59. The number of piperidine rings is 1. The number of nitrogens with one attached hydrogen (secondary N) is 1. The molecule has 5 nitrogen and oxygen atoms in total. The van der Waals surface area contributed by atoms with Gasteiger partial charge in [0.25, 0.3) is 0 Å². The maximum Gasteiger partial charge on any atom is 0.248 e. The van der Waals surface area contributed by atoms with Gasteiger partial charge in [0.2, 0.25) is 5.91 Å². The molecule has 1 aromatic rings. The number of amides is 1. The van der Waals surface area contributed by atoms with Gasteiger partial charge in [-0.2, -0.15) is 0 Å². The molecule has 5 heteroatoms. The largest absolute Gasteiger partial charge is 0.497 e. The van der Waals surface area contributed by atoms with Gasteiger partial charge in [0.1, 0.15) is 11.9 Å². The molecule has 0 radical (unpaired) electrons. The predicted octanol–water partition coefficient (Wildman–Crippen LogP) is 1.42. The minimum Gasteiger partial charge on any atom is -0.497 e. The number of carbonyl (C=O) groups excluding carboxylic acids is 1. The van der Waals surface area contributed by atoms with Crippen LogP contribution in [0.1, 0.15) is 18.4 Å². The molecule has 2 saturated heterocycles. The first-order chi connectivity index (χ1) is 10.7. The van der Waals surface area contributed by atoms with Crippen LogP contribution < -0.4 is 10.1 Å². The lowest BCUT2D eigenvalue weighted by Gasteiger charge is -2.34. The van der Waals surface area contributed by atoms with Gasteiger partial charge in [-0.05, 0) is 43.0 Å². The first-order valence-corrected chi connectivity index (χ1v) is 7.92. The van der Waals surface area contributed by atoms with Crippen molar-refractivity contribution in [1.82, 2.24) is 10.2 Å². The third kappa shape index (κ3) is 3.25. The Morgan fingerprint density at radius 3 is 2.86 bits per heavy atom. The molecule has 3 atom stereocenters. The Bertz CT molecular complexity index is 517. The maximum atomic E-state index is 11.7. The fraction of sp³-hybridized carbons (Fsp3) is 0.588. The van der Waals surface area contributed by atoms with E-state index in [9.17, 15) is 4.79 Å². The van der Waals surface area contributed by atoms with Gasteiger partial charge in [-0.3, -0.25) is 9.69 Å². The summed E-state index contributed by atoms with van der Waals surface area (Å²) in [6.07, 6.45) is 1.89. The van der Waals surface area contributed by atoms with Crippen molar-refractivity contribution < 1.29 is 14.3 Å². The van der Waals surface area contributed by atoms with Crippen LogP contribution in [-0.2, 0) is 16.1 Å². The van der Waals surface area contributed by atoms with E-state index in [1.807, 2.05) is 12.1 Å². The van der Waals surface area contributed by atoms with Crippen LogP contribution in [0.2, 0.25) is 0 Å². The van der Waals surface area contributed by atoms with Crippen LogP contribution in [-0.4, -0.2) is 50.3 Å². The van der Waals surface area contributed by atoms with Crippen LogP contribution in [0.4, 0.5) is 0 Å². The van der Waals surface area contributed by atoms with Gasteiger partial charge in [0.05, 0.1) is 13.2 Å². The van der Waals surface area contributed by atoms with Gasteiger partial charge >= 0.3 is 0 Å². The summed E-state index contributed by atoms with van der Waals surface area (Å²) in [5, 5.41) is 2.69. The van der Waals surface area contributed by atoms with Crippen molar-refractivity contribution in [3.63, 3.8) is 0 Å². The Kier molecular flexibility index (Phi) is 4.64. The number of carbonyl (C=O) groups is 1. The highest BCUT2D eigenvalue weighted by atomic mass is 16.5. The Labute approximate surface area is 131 Å². The lowest BCUT2D eigenvalue weighted by atomic mass is 9.91. The minimum atomic E-state index is -0.263. The smallest absolute Gasteiger partial charge is 0.248 e. The molecule has 0 saturated carbocycles. The molecule has 1 N–H and O–H groups in total. The molecular weight excluding hydrogens is 280 g/mol. The molecule has 0 aliphatic carbocycles. The van der Waals surface area contributed by atoms with Crippen molar-refractivity contribution >= 4 is 5.91 Å². The Balaban J connectivity index is 1.56. The summed E-state index contributed by atoms with van der Waals surface area (Å²) in [4.78, 5) is 14.1. The predicted molar refractivity (Wildman–Crippen MR) is 83.7 cm³/mol. The highest BCUT2D eigenvalue weighted by molar-refractivity contribution is 5.80. The van der Waals surface area contributed by atoms with E-state index in [1.54, 1.807) is 14.2 Å². The lowest BCUT2D eigenvalue weighted by Crippen LogP contribution is -2.42. The molecule has 0 aromatic heterocycles. The van der Waals surface area contributed by atoms with E-state index < -0.39 is 0 Å². The van der Waals surface area contributed by atoms with Gasteiger partial charge in [-0.25, -0.2) is 0 Å². The summed E-state index contributed by atoms with van der Waals surface area (Å²) in [6, 6.07) is 8.20. The molecule has 0 bridgehead atoms. The van der Waals surface area contributed by atoms with Crippen molar-refractivity contribution in [2.45, 2.75) is 31.6 Å². The van der Waals surface area contributed by atoms with E-state index in [-0.39, 0.29) is 18.1 Å².